The predicted octanol–water partition coefficient (Wildman–Crippen LogP) is 0.478. The molecule has 0 aromatic rings. The molecule has 0 rings (SSSR count). The van der Waals surface area contributed by atoms with E-state index < -0.39 is 6.10 Å². The third-order valence-electron chi connectivity index (χ3n) is 2.23. The van der Waals surface area contributed by atoms with E-state index in [1.807, 2.05) is 14.0 Å². The first-order valence-electron chi connectivity index (χ1n) is 5.76. The Morgan fingerprint density at radius 2 is 2.00 bits per heavy atom. The maximum atomic E-state index is 9.55. The Kier molecular flexibility index (Phi) is 10.3. The van der Waals surface area contributed by atoms with Crippen LogP contribution in [0.25, 0.3) is 0 Å². The third-order valence-corrected chi connectivity index (χ3v) is 2.23. The van der Waals surface area contributed by atoms with E-state index in [0.29, 0.717) is 19.8 Å². The zero-order chi connectivity index (χ0) is 11.5. The molecule has 0 aromatic carbocycles. The van der Waals surface area contributed by atoms with Crippen molar-refractivity contribution in [2.24, 2.45) is 0 Å². The van der Waals surface area contributed by atoms with Gasteiger partial charge in [-0.05, 0) is 39.8 Å². The van der Waals surface area contributed by atoms with Crippen LogP contribution in [0.15, 0.2) is 0 Å². The van der Waals surface area contributed by atoms with Crippen LogP contribution in [0.5, 0.6) is 0 Å². The summed E-state index contributed by atoms with van der Waals surface area (Å²) >= 11 is 0. The van der Waals surface area contributed by atoms with Crippen LogP contribution in [0.4, 0.5) is 0 Å². The lowest BCUT2D eigenvalue weighted by atomic mass is 10.2. The van der Waals surface area contributed by atoms with Crippen LogP contribution in [0.2, 0.25) is 0 Å². The van der Waals surface area contributed by atoms with Crippen LogP contribution in [0, 0.1) is 0 Å². The first kappa shape index (κ1) is 14.8. The lowest BCUT2D eigenvalue weighted by molar-refractivity contribution is 0.0253. The molecule has 0 aliphatic heterocycles. The Bertz CT molecular complexity index is 133. The first-order chi connectivity index (χ1) is 7.20. The van der Waals surface area contributed by atoms with Crippen LogP contribution in [-0.2, 0) is 4.74 Å². The molecule has 2 N–H and O–H groups in total. The van der Waals surface area contributed by atoms with Crippen molar-refractivity contribution in [3.63, 3.8) is 0 Å². The zero-order valence-electron chi connectivity index (χ0n) is 9.98. The molecule has 0 aliphatic carbocycles. The average Bonchev–Trinajstić information content (AvgIpc) is 2.21. The Balaban J connectivity index is 3.33. The standard InChI is InChI=1S/C11H25NO3/c1-3-15-10-11(14)9-12(2)7-5-4-6-8-13/h11,13-14H,3-10H2,1-2H3. The summed E-state index contributed by atoms with van der Waals surface area (Å²) in [6, 6.07) is 0. The highest BCUT2D eigenvalue weighted by molar-refractivity contribution is 4.60. The lowest BCUT2D eigenvalue weighted by Crippen LogP contribution is -2.32. The van der Waals surface area contributed by atoms with Crippen molar-refractivity contribution in [1.29, 1.82) is 0 Å². The maximum Gasteiger partial charge on any atom is 0.0900 e. The number of aliphatic hydroxyl groups is 2. The molecule has 1 unspecified atom stereocenters. The van der Waals surface area contributed by atoms with Crippen molar-refractivity contribution in [2.45, 2.75) is 32.3 Å². The summed E-state index contributed by atoms with van der Waals surface area (Å²) in [6.45, 7) is 4.87. The van der Waals surface area contributed by atoms with Crippen LogP contribution in [0.1, 0.15) is 26.2 Å². The molecule has 1 atom stereocenters. The van der Waals surface area contributed by atoms with Gasteiger partial charge in [-0.2, -0.15) is 0 Å². The fraction of sp³-hybridized carbons (Fsp3) is 1.00. The Hall–Kier alpha value is -0.160. The molecule has 92 valence electrons. The molecule has 0 aliphatic rings. The Morgan fingerprint density at radius 1 is 1.27 bits per heavy atom. The predicted molar refractivity (Wildman–Crippen MR) is 60.9 cm³/mol. The zero-order valence-corrected chi connectivity index (χ0v) is 9.98. The van der Waals surface area contributed by atoms with Gasteiger partial charge in [-0.1, -0.05) is 0 Å². The summed E-state index contributed by atoms with van der Waals surface area (Å²) in [7, 11) is 1.99. The highest BCUT2D eigenvalue weighted by Crippen LogP contribution is 1.98. The molecule has 0 saturated heterocycles. The monoisotopic (exact) mass is 219 g/mol. The van der Waals surface area contributed by atoms with Gasteiger partial charge in [-0.25, -0.2) is 0 Å². The van der Waals surface area contributed by atoms with E-state index in [2.05, 4.69) is 4.90 Å². The quantitative estimate of drug-likeness (QED) is 0.525. The van der Waals surface area contributed by atoms with E-state index in [9.17, 15) is 5.11 Å². The Labute approximate surface area is 92.9 Å². The fourth-order valence-corrected chi connectivity index (χ4v) is 1.43. The molecular weight excluding hydrogens is 194 g/mol. The van der Waals surface area contributed by atoms with E-state index in [-0.39, 0.29) is 6.61 Å². The van der Waals surface area contributed by atoms with Crippen LogP contribution >= 0.6 is 0 Å². The number of hydrogen-bond acceptors (Lipinski definition) is 4. The topological polar surface area (TPSA) is 52.9 Å². The SMILES string of the molecule is CCOCC(O)CN(C)CCCCCO. The van der Waals surface area contributed by atoms with Gasteiger partial charge in [-0.3, -0.25) is 0 Å². The minimum atomic E-state index is -0.396. The van der Waals surface area contributed by atoms with E-state index >= 15 is 0 Å². The van der Waals surface area contributed by atoms with E-state index in [1.165, 1.54) is 0 Å². The fourth-order valence-electron chi connectivity index (χ4n) is 1.43. The van der Waals surface area contributed by atoms with Crippen molar-refractivity contribution < 1.29 is 14.9 Å². The van der Waals surface area contributed by atoms with Gasteiger partial charge in [0.05, 0.1) is 12.7 Å². The molecule has 0 fully saturated rings. The molecule has 0 saturated carbocycles. The van der Waals surface area contributed by atoms with Gasteiger partial charge in [0.2, 0.25) is 0 Å². The van der Waals surface area contributed by atoms with Gasteiger partial charge < -0.3 is 19.8 Å². The molecule has 15 heavy (non-hydrogen) atoms. The van der Waals surface area contributed by atoms with E-state index in [4.69, 9.17) is 9.84 Å². The number of unbranched alkanes of at least 4 members (excludes halogenated alkanes) is 2. The van der Waals surface area contributed by atoms with Crippen LogP contribution < -0.4 is 0 Å². The molecule has 0 radical (unpaired) electrons. The summed E-state index contributed by atoms with van der Waals surface area (Å²) in [5.74, 6) is 0. The largest absolute Gasteiger partial charge is 0.396 e. The van der Waals surface area contributed by atoms with Gasteiger partial charge in [0.25, 0.3) is 0 Å². The molecule has 4 nitrogen and oxygen atoms in total. The highest BCUT2D eigenvalue weighted by Gasteiger charge is 2.07. The molecule has 0 heterocycles. The van der Waals surface area contributed by atoms with Crippen molar-refractivity contribution in [1.82, 2.24) is 4.90 Å². The normalized spacial score (nSPS) is 13.4. The van der Waals surface area contributed by atoms with Crippen molar-refractivity contribution in [2.75, 3.05) is 40.0 Å². The minimum Gasteiger partial charge on any atom is -0.396 e. The molecule has 0 aromatic heterocycles. The summed E-state index contributed by atoms with van der Waals surface area (Å²) < 4.78 is 5.13. The van der Waals surface area contributed by atoms with E-state index in [1.54, 1.807) is 0 Å². The van der Waals surface area contributed by atoms with Gasteiger partial charge in [0.15, 0.2) is 0 Å². The second kappa shape index (κ2) is 10.4. The minimum absolute atomic E-state index is 0.274. The average molecular weight is 219 g/mol. The number of hydrogen-bond donors (Lipinski definition) is 2. The summed E-state index contributed by atoms with van der Waals surface area (Å²) in [4.78, 5) is 2.10. The summed E-state index contributed by atoms with van der Waals surface area (Å²) in [5, 5.41) is 18.2. The smallest absolute Gasteiger partial charge is 0.0900 e. The lowest BCUT2D eigenvalue weighted by Gasteiger charge is -2.20. The number of nitrogens with zero attached hydrogens (tertiary/aromatic N) is 1. The van der Waals surface area contributed by atoms with Gasteiger partial charge in [0.1, 0.15) is 0 Å². The summed E-state index contributed by atoms with van der Waals surface area (Å²) in [5.41, 5.74) is 0. The maximum absolute atomic E-state index is 9.55. The van der Waals surface area contributed by atoms with Crippen molar-refractivity contribution in [3.05, 3.63) is 0 Å². The van der Waals surface area contributed by atoms with Gasteiger partial charge in [-0.15, -0.1) is 0 Å². The number of likely N-dealkylation sites (N-methyl/N-ethyl adjacent to an activating group) is 1. The van der Waals surface area contributed by atoms with Crippen LogP contribution in [0.3, 0.4) is 0 Å². The third kappa shape index (κ3) is 10.1. The van der Waals surface area contributed by atoms with Crippen molar-refractivity contribution in [3.8, 4) is 0 Å². The van der Waals surface area contributed by atoms with Gasteiger partial charge >= 0.3 is 0 Å². The molecule has 4 heteroatoms. The molecular formula is C11H25NO3. The molecule has 0 bridgehead atoms. The number of ether oxygens (including phenoxy) is 1. The Morgan fingerprint density at radius 3 is 2.60 bits per heavy atom. The van der Waals surface area contributed by atoms with Crippen LogP contribution in [-0.4, -0.2) is 61.2 Å². The molecule has 0 spiro atoms. The second-order valence-electron chi connectivity index (χ2n) is 3.86. The number of rotatable bonds is 10. The summed E-state index contributed by atoms with van der Waals surface area (Å²) in [6.07, 6.45) is 2.59. The first-order valence-corrected chi connectivity index (χ1v) is 5.76. The van der Waals surface area contributed by atoms with E-state index in [0.717, 1.165) is 25.8 Å². The molecule has 0 amide bonds. The van der Waals surface area contributed by atoms with Gasteiger partial charge in [0, 0.05) is 19.8 Å². The van der Waals surface area contributed by atoms with Crippen molar-refractivity contribution >= 4 is 0 Å². The highest BCUT2D eigenvalue weighted by atomic mass is 16.5. The number of aliphatic hydroxyl groups excluding tert-OH is 2. The second-order valence-corrected chi connectivity index (χ2v) is 3.86.